The van der Waals surface area contributed by atoms with Crippen molar-refractivity contribution in [3.63, 3.8) is 0 Å². The smallest absolute Gasteiger partial charge is 0.138 e. The van der Waals surface area contributed by atoms with Crippen molar-refractivity contribution in [3.05, 3.63) is 84.4 Å². The Hall–Kier alpha value is -3.80. The van der Waals surface area contributed by atoms with Gasteiger partial charge in [0, 0.05) is 29.1 Å². The molecule has 4 aromatic rings. The lowest BCUT2D eigenvalue weighted by molar-refractivity contribution is -0.255. The van der Waals surface area contributed by atoms with Gasteiger partial charge in [0.05, 0.1) is 17.4 Å². The van der Waals surface area contributed by atoms with Gasteiger partial charge in [0.2, 0.25) is 0 Å². The van der Waals surface area contributed by atoms with Gasteiger partial charge < -0.3 is 14.9 Å². The summed E-state index contributed by atoms with van der Waals surface area (Å²) in [6, 6.07) is 16.1. The number of aromatic nitrogens is 3. The van der Waals surface area contributed by atoms with E-state index in [0.29, 0.717) is 11.5 Å². The van der Waals surface area contributed by atoms with Crippen molar-refractivity contribution in [2.24, 2.45) is 0 Å². The highest BCUT2D eigenvalue weighted by Crippen LogP contribution is 2.32. The zero-order chi connectivity index (χ0) is 18.8. The van der Waals surface area contributed by atoms with Crippen molar-refractivity contribution in [3.8, 4) is 33.9 Å². The molecule has 0 amide bonds. The van der Waals surface area contributed by atoms with Gasteiger partial charge in [0.25, 0.3) is 0 Å². The summed E-state index contributed by atoms with van der Waals surface area (Å²) in [5.41, 5.74) is 3.90. The maximum atomic E-state index is 13.3. The van der Waals surface area contributed by atoms with Gasteiger partial charge >= 0.3 is 0 Å². The minimum Gasteiger partial charge on any atom is -0.545 e. The number of aromatic amines is 1. The van der Waals surface area contributed by atoms with Crippen LogP contribution < -0.4 is 5.11 Å². The lowest BCUT2D eigenvalue weighted by atomic mass is 10.1. The summed E-state index contributed by atoms with van der Waals surface area (Å²) < 4.78 is 13.3. The van der Waals surface area contributed by atoms with Gasteiger partial charge in [-0.15, -0.1) is 0 Å². The molecule has 0 fully saturated rings. The minimum atomic E-state index is -1.23. The quantitative estimate of drug-likeness (QED) is 0.607. The number of pyridine rings is 1. The van der Waals surface area contributed by atoms with E-state index in [1.54, 1.807) is 36.7 Å². The van der Waals surface area contributed by atoms with Gasteiger partial charge in [-0.05, 0) is 42.0 Å². The number of halogens is 1. The van der Waals surface area contributed by atoms with E-state index in [9.17, 15) is 14.3 Å². The number of nitrogens with one attached hydrogen (secondary N) is 1. The Balaban J connectivity index is 1.84. The van der Waals surface area contributed by atoms with Crippen LogP contribution in [-0.4, -0.2) is 20.9 Å². The van der Waals surface area contributed by atoms with E-state index in [0.717, 1.165) is 22.4 Å². The number of aromatic carboxylic acids is 1. The fourth-order valence-corrected chi connectivity index (χ4v) is 2.82. The van der Waals surface area contributed by atoms with E-state index in [4.69, 9.17) is 0 Å². The molecule has 27 heavy (non-hydrogen) atoms. The molecule has 6 heteroatoms. The minimum absolute atomic E-state index is 0.0958. The lowest BCUT2D eigenvalue weighted by Crippen LogP contribution is -2.21. The SMILES string of the molecule is O=C([O-])c1ccc(-c2nc(-c3ccc(F)cc3)c(-c3ccncc3)[nH]2)cc1. The second kappa shape index (κ2) is 6.84. The summed E-state index contributed by atoms with van der Waals surface area (Å²) in [4.78, 5) is 22.9. The van der Waals surface area contributed by atoms with Gasteiger partial charge in [0.1, 0.15) is 11.6 Å². The van der Waals surface area contributed by atoms with Crippen LogP contribution >= 0.6 is 0 Å². The van der Waals surface area contributed by atoms with Crippen LogP contribution in [0.2, 0.25) is 0 Å². The molecular formula is C21H13FN3O2-. The first kappa shape index (κ1) is 16.7. The zero-order valence-corrected chi connectivity index (χ0v) is 14.0. The Morgan fingerprint density at radius 3 is 2.11 bits per heavy atom. The largest absolute Gasteiger partial charge is 0.545 e. The Morgan fingerprint density at radius 1 is 0.852 bits per heavy atom. The molecule has 4 rings (SSSR count). The molecule has 0 saturated carbocycles. The van der Waals surface area contributed by atoms with Gasteiger partial charge in [-0.2, -0.15) is 0 Å². The molecule has 132 valence electrons. The first-order valence-electron chi connectivity index (χ1n) is 8.20. The van der Waals surface area contributed by atoms with E-state index in [1.807, 2.05) is 12.1 Å². The average molecular weight is 358 g/mol. The van der Waals surface area contributed by atoms with E-state index < -0.39 is 5.97 Å². The summed E-state index contributed by atoms with van der Waals surface area (Å²) in [5.74, 6) is -0.977. The highest BCUT2D eigenvalue weighted by molar-refractivity contribution is 5.87. The Kier molecular flexibility index (Phi) is 4.22. The number of H-pyrrole nitrogens is 1. The predicted octanol–water partition coefficient (Wildman–Crippen LogP) is 3.31. The third kappa shape index (κ3) is 3.32. The van der Waals surface area contributed by atoms with Crippen LogP contribution in [-0.2, 0) is 0 Å². The molecule has 0 aliphatic rings. The zero-order valence-electron chi connectivity index (χ0n) is 14.0. The molecule has 2 heterocycles. The standard InChI is InChI=1S/C21H14FN3O2/c22-17-7-5-13(6-8-17)18-19(14-9-11-23-12-10-14)25-20(24-18)15-1-3-16(4-2-15)21(26)27/h1-12H,(H,24,25)(H,26,27)/p-1. The number of nitrogens with zero attached hydrogens (tertiary/aromatic N) is 2. The summed E-state index contributed by atoms with van der Waals surface area (Å²) in [6.45, 7) is 0. The monoisotopic (exact) mass is 358 g/mol. The average Bonchev–Trinajstić information content (AvgIpc) is 3.15. The first-order valence-corrected chi connectivity index (χ1v) is 8.20. The van der Waals surface area contributed by atoms with Crippen molar-refractivity contribution in [2.75, 3.05) is 0 Å². The number of benzene rings is 2. The number of carbonyl (C=O) groups is 1. The Bertz CT molecular complexity index is 1090. The molecule has 0 bridgehead atoms. The van der Waals surface area contributed by atoms with Gasteiger partial charge in [-0.1, -0.05) is 24.3 Å². The van der Waals surface area contributed by atoms with Crippen molar-refractivity contribution in [2.45, 2.75) is 0 Å². The normalized spacial score (nSPS) is 10.7. The second-order valence-electron chi connectivity index (χ2n) is 5.92. The number of hydrogen-bond donors (Lipinski definition) is 1. The molecule has 2 aromatic heterocycles. The lowest BCUT2D eigenvalue weighted by Gasteiger charge is -2.03. The molecule has 0 radical (unpaired) electrons. The number of carboxylic acid groups (broad SMARTS) is 1. The van der Waals surface area contributed by atoms with Crippen LogP contribution in [0.25, 0.3) is 33.9 Å². The van der Waals surface area contributed by atoms with Gasteiger partial charge in [-0.25, -0.2) is 9.37 Å². The van der Waals surface area contributed by atoms with E-state index in [2.05, 4.69) is 15.0 Å². The number of carboxylic acids is 1. The molecule has 0 atom stereocenters. The molecule has 0 unspecified atom stereocenters. The summed E-state index contributed by atoms with van der Waals surface area (Å²) in [6.07, 6.45) is 3.36. The maximum Gasteiger partial charge on any atom is 0.138 e. The third-order valence-electron chi connectivity index (χ3n) is 4.18. The van der Waals surface area contributed by atoms with E-state index in [-0.39, 0.29) is 11.4 Å². The predicted molar refractivity (Wildman–Crippen MR) is 97.0 cm³/mol. The number of hydrogen-bond acceptors (Lipinski definition) is 4. The second-order valence-corrected chi connectivity index (χ2v) is 5.92. The van der Waals surface area contributed by atoms with Crippen LogP contribution in [0.3, 0.4) is 0 Å². The molecule has 2 aromatic carbocycles. The number of carbonyl (C=O) groups excluding carboxylic acids is 1. The highest BCUT2D eigenvalue weighted by Gasteiger charge is 2.15. The van der Waals surface area contributed by atoms with E-state index in [1.165, 1.54) is 24.3 Å². The fraction of sp³-hybridized carbons (Fsp3) is 0. The van der Waals surface area contributed by atoms with Crippen LogP contribution in [0.5, 0.6) is 0 Å². The fourth-order valence-electron chi connectivity index (χ4n) is 2.82. The van der Waals surface area contributed by atoms with Gasteiger partial charge in [-0.3, -0.25) is 4.98 Å². The van der Waals surface area contributed by atoms with Crippen molar-refractivity contribution < 1.29 is 14.3 Å². The van der Waals surface area contributed by atoms with Crippen LogP contribution in [0.1, 0.15) is 10.4 Å². The molecule has 1 N–H and O–H groups in total. The Labute approximate surface area is 154 Å². The van der Waals surface area contributed by atoms with Crippen molar-refractivity contribution >= 4 is 5.97 Å². The summed E-state index contributed by atoms with van der Waals surface area (Å²) in [7, 11) is 0. The summed E-state index contributed by atoms with van der Waals surface area (Å²) >= 11 is 0. The molecule has 0 spiro atoms. The maximum absolute atomic E-state index is 13.3. The van der Waals surface area contributed by atoms with Crippen LogP contribution in [0, 0.1) is 5.82 Å². The van der Waals surface area contributed by atoms with Crippen LogP contribution in [0.4, 0.5) is 4.39 Å². The topological polar surface area (TPSA) is 81.7 Å². The van der Waals surface area contributed by atoms with E-state index >= 15 is 0 Å². The first-order chi connectivity index (χ1) is 13.1. The van der Waals surface area contributed by atoms with Gasteiger partial charge in [0.15, 0.2) is 0 Å². The Morgan fingerprint density at radius 2 is 1.48 bits per heavy atom. The molecule has 0 aliphatic heterocycles. The molecular weight excluding hydrogens is 345 g/mol. The highest BCUT2D eigenvalue weighted by atomic mass is 19.1. The van der Waals surface area contributed by atoms with Crippen molar-refractivity contribution in [1.29, 1.82) is 0 Å². The third-order valence-corrected chi connectivity index (χ3v) is 4.18. The molecule has 0 aliphatic carbocycles. The number of imidazole rings is 1. The summed E-state index contributed by atoms with van der Waals surface area (Å²) in [5, 5.41) is 10.9. The molecule has 5 nitrogen and oxygen atoms in total. The van der Waals surface area contributed by atoms with Crippen LogP contribution in [0.15, 0.2) is 73.1 Å². The molecule has 0 saturated heterocycles. The van der Waals surface area contributed by atoms with Crippen molar-refractivity contribution in [1.82, 2.24) is 15.0 Å². The number of rotatable bonds is 4.